The maximum Gasteiger partial charge on any atom is 0.308 e. The minimum Gasteiger partial charge on any atom is -0.457 e. The van der Waals surface area contributed by atoms with Gasteiger partial charge in [0.1, 0.15) is 24.3 Å². The van der Waals surface area contributed by atoms with E-state index in [0.717, 1.165) is 57.8 Å². The number of amides is 3. The Hall–Kier alpha value is -1.97. The average molecular weight is 1020 g/mol. The molecule has 1 rings (SSSR count). The van der Waals surface area contributed by atoms with Crippen LogP contribution in [0.15, 0.2) is 0 Å². The van der Waals surface area contributed by atoms with E-state index in [-0.39, 0.29) is 31.5 Å². The van der Waals surface area contributed by atoms with E-state index >= 15 is 0 Å². The van der Waals surface area contributed by atoms with Crippen molar-refractivity contribution in [3.63, 3.8) is 0 Å². The van der Waals surface area contributed by atoms with Crippen LogP contribution in [0, 0.1) is 0 Å². The maximum atomic E-state index is 13.9. The fourth-order valence-corrected chi connectivity index (χ4v) is 9.62. The highest BCUT2D eigenvalue weighted by Crippen LogP contribution is 2.30. The van der Waals surface area contributed by atoms with Crippen LogP contribution in [-0.2, 0) is 52.1 Å². The molecule has 3 amide bonds. The van der Waals surface area contributed by atoms with Gasteiger partial charge in [0, 0.05) is 30.8 Å². The van der Waals surface area contributed by atoms with Gasteiger partial charge in [0.2, 0.25) is 17.7 Å². The van der Waals surface area contributed by atoms with Crippen LogP contribution in [0.25, 0.3) is 0 Å². The summed E-state index contributed by atoms with van der Waals surface area (Å²) in [6.07, 6.45) is 28.0. The molecule has 0 bridgehead atoms. The number of rotatable bonds is 48. The highest BCUT2D eigenvalue weighted by molar-refractivity contribution is 7.09. The standard InChI is InChI=1S/C54H104N3O12P/c1-7-10-13-16-19-22-25-28-31-34-42(63-4)37-47(59)56-45(53(55)62)41-66-54-50(57-48(60)38-43(64-5)35-32-29-26-23-20-17-14-11-8-2)52(51(69-70)46(40-58)67-54)68-49(61)39-44(65-6)36-33-30-27-24-21-18-15-12-9-3/h42-46,50-52,54,58H,7-41,70H2,1-6H3,(H2,55,62)(H,56,59)(H,57,60)/t42?,43?,44?,45?,46?,50?,51-,52?,54+/m0/s1. The number of esters is 1. The van der Waals surface area contributed by atoms with Crippen molar-refractivity contribution in [1.82, 2.24) is 10.6 Å². The summed E-state index contributed by atoms with van der Waals surface area (Å²) >= 11 is 0. The molecule has 0 aliphatic carbocycles. The van der Waals surface area contributed by atoms with Gasteiger partial charge < -0.3 is 54.4 Å². The number of carbonyl (C=O) groups is 4. The first kappa shape index (κ1) is 66.0. The lowest BCUT2D eigenvalue weighted by atomic mass is 9.95. The lowest BCUT2D eigenvalue weighted by molar-refractivity contribution is -0.269. The molecule has 16 heteroatoms. The summed E-state index contributed by atoms with van der Waals surface area (Å²) in [6, 6.07) is -2.45. The second kappa shape index (κ2) is 44.5. The van der Waals surface area contributed by atoms with Crippen molar-refractivity contribution >= 4 is 33.2 Å². The van der Waals surface area contributed by atoms with E-state index in [1.165, 1.54) is 116 Å². The van der Waals surface area contributed by atoms with Crippen LogP contribution in [0.2, 0.25) is 0 Å². The van der Waals surface area contributed by atoms with E-state index in [4.69, 9.17) is 38.7 Å². The SMILES string of the molecule is CCCCCCCCCCCC(CC(=O)NC(CO[C@@H]1OC(CO)[C@H](OP)C(OC(=O)CC(CCCCCCCCCCC)OC)C1NC(=O)CC(CCCCCCCCCCC)OC)C(N)=O)OC. The minimum absolute atomic E-state index is 0.0113. The van der Waals surface area contributed by atoms with Gasteiger partial charge in [-0.1, -0.05) is 194 Å². The number of hydrogen-bond donors (Lipinski definition) is 4. The van der Waals surface area contributed by atoms with Crippen LogP contribution < -0.4 is 16.4 Å². The van der Waals surface area contributed by atoms with E-state index < -0.39 is 79.7 Å². The molecule has 10 atom stereocenters. The smallest absolute Gasteiger partial charge is 0.308 e. The quantitative estimate of drug-likeness (QED) is 0.0256. The van der Waals surface area contributed by atoms with E-state index in [1.807, 2.05) is 0 Å². The van der Waals surface area contributed by atoms with Gasteiger partial charge in [-0.05, 0) is 19.3 Å². The molecule has 0 saturated carbocycles. The average Bonchev–Trinajstić information content (AvgIpc) is 3.35. The zero-order valence-corrected chi connectivity index (χ0v) is 46.2. The Bertz CT molecular complexity index is 1300. The number of aliphatic hydroxyl groups is 1. The highest BCUT2D eigenvalue weighted by atomic mass is 31.0. The Morgan fingerprint density at radius 2 is 0.957 bits per heavy atom. The van der Waals surface area contributed by atoms with Crippen LogP contribution in [0.3, 0.4) is 0 Å². The molecule has 412 valence electrons. The Morgan fingerprint density at radius 3 is 1.33 bits per heavy atom. The normalized spacial score (nSPS) is 19.9. The van der Waals surface area contributed by atoms with E-state index in [1.54, 1.807) is 21.3 Å². The highest BCUT2D eigenvalue weighted by Gasteiger charge is 2.50. The van der Waals surface area contributed by atoms with Crippen molar-refractivity contribution in [1.29, 1.82) is 0 Å². The van der Waals surface area contributed by atoms with Gasteiger partial charge in [0.15, 0.2) is 12.4 Å². The second-order valence-corrected chi connectivity index (χ2v) is 20.0. The van der Waals surface area contributed by atoms with E-state index in [2.05, 4.69) is 40.9 Å². The Morgan fingerprint density at radius 1 is 0.571 bits per heavy atom. The number of ether oxygens (including phenoxy) is 6. The van der Waals surface area contributed by atoms with Crippen LogP contribution in [0.1, 0.15) is 233 Å². The fourth-order valence-electron chi connectivity index (χ4n) is 9.29. The molecule has 0 radical (unpaired) electrons. The van der Waals surface area contributed by atoms with Gasteiger partial charge in [-0.15, -0.1) is 0 Å². The molecule has 1 aliphatic rings. The molecule has 1 fully saturated rings. The summed E-state index contributed by atoms with van der Waals surface area (Å²) in [5.74, 6) is -2.28. The first-order valence-electron chi connectivity index (χ1n) is 27.9. The van der Waals surface area contributed by atoms with E-state index in [9.17, 15) is 24.3 Å². The van der Waals surface area contributed by atoms with Gasteiger partial charge in [-0.2, -0.15) is 0 Å². The number of primary amides is 1. The van der Waals surface area contributed by atoms with Crippen LogP contribution in [0.4, 0.5) is 0 Å². The lowest BCUT2D eigenvalue weighted by Gasteiger charge is -2.45. The monoisotopic (exact) mass is 1020 g/mol. The summed E-state index contributed by atoms with van der Waals surface area (Å²) in [6.45, 7) is 5.67. The minimum atomic E-state index is -1.37. The van der Waals surface area contributed by atoms with E-state index in [0.29, 0.717) is 19.3 Å². The molecule has 0 aromatic carbocycles. The molecule has 15 nitrogen and oxygen atoms in total. The summed E-state index contributed by atoms with van der Waals surface area (Å²) in [5, 5.41) is 16.2. The molecular weight excluding hydrogens is 914 g/mol. The first-order chi connectivity index (χ1) is 34.0. The van der Waals surface area contributed by atoms with Crippen molar-refractivity contribution in [2.45, 2.75) is 288 Å². The molecule has 1 saturated heterocycles. The van der Waals surface area contributed by atoms with Crippen LogP contribution in [-0.4, -0.2) is 118 Å². The molecule has 0 aromatic heterocycles. The Balaban J connectivity index is 3.14. The van der Waals surface area contributed by atoms with Gasteiger partial charge in [0.05, 0.1) is 50.8 Å². The molecule has 70 heavy (non-hydrogen) atoms. The molecule has 1 heterocycles. The number of nitrogens with one attached hydrogen (secondary N) is 2. The third-order valence-corrected chi connectivity index (χ3v) is 14.1. The molecule has 1 aliphatic heterocycles. The number of methoxy groups -OCH3 is 3. The molecule has 0 spiro atoms. The Kier molecular flexibility index (Phi) is 42.0. The second-order valence-electron chi connectivity index (χ2n) is 19.8. The molecular formula is C54H104N3O12P. The topological polar surface area (TPSA) is 203 Å². The zero-order chi connectivity index (χ0) is 51.6. The number of aliphatic hydroxyl groups excluding tert-OH is 1. The maximum absolute atomic E-state index is 13.9. The Labute approximate surface area is 427 Å². The zero-order valence-electron chi connectivity index (χ0n) is 45.0. The van der Waals surface area contributed by atoms with Crippen molar-refractivity contribution in [3.8, 4) is 0 Å². The predicted molar refractivity (Wildman–Crippen MR) is 281 cm³/mol. The van der Waals surface area contributed by atoms with Crippen LogP contribution >= 0.6 is 9.47 Å². The number of hydrogen-bond acceptors (Lipinski definition) is 12. The summed E-state index contributed by atoms with van der Waals surface area (Å²) in [5.41, 5.74) is 5.80. The largest absolute Gasteiger partial charge is 0.457 e. The van der Waals surface area contributed by atoms with Crippen molar-refractivity contribution in [2.75, 3.05) is 34.5 Å². The van der Waals surface area contributed by atoms with Gasteiger partial charge in [-0.25, -0.2) is 0 Å². The predicted octanol–water partition coefficient (Wildman–Crippen LogP) is 10.2. The fraction of sp³-hybridized carbons (Fsp3) is 0.926. The van der Waals surface area contributed by atoms with Gasteiger partial charge >= 0.3 is 5.97 Å². The number of nitrogens with two attached hydrogens (primary N) is 1. The molecule has 5 N–H and O–H groups in total. The summed E-state index contributed by atoms with van der Waals surface area (Å²) in [4.78, 5) is 53.8. The molecule has 0 aromatic rings. The summed E-state index contributed by atoms with van der Waals surface area (Å²) < 4.78 is 41.4. The summed E-state index contributed by atoms with van der Waals surface area (Å²) in [7, 11) is 6.87. The first-order valence-corrected chi connectivity index (χ1v) is 28.4. The molecule has 8 unspecified atom stereocenters. The third-order valence-electron chi connectivity index (χ3n) is 13.8. The number of carbonyl (C=O) groups excluding carboxylic acids is 4. The van der Waals surface area contributed by atoms with Gasteiger partial charge in [-0.3, -0.25) is 19.2 Å². The number of unbranched alkanes of at least 4 members (excludes halogenated alkanes) is 24. The van der Waals surface area contributed by atoms with Crippen LogP contribution in [0.5, 0.6) is 0 Å². The van der Waals surface area contributed by atoms with Crippen molar-refractivity contribution in [3.05, 3.63) is 0 Å². The third kappa shape index (κ3) is 31.6. The van der Waals surface area contributed by atoms with Crippen molar-refractivity contribution in [2.24, 2.45) is 5.73 Å². The van der Waals surface area contributed by atoms with Crippen molar-refractivity contribution < 1.29 is 57.2 Å². The van der Waals surface area contributed by atoms with Gasteiger partial charge in [0.25, 0.3) is 0 Å². The lowest BCUT2D eigenvalue weighted by Crippen LogP contribution is -2.66.